The van der Waals surface area contributed by atoms with Gasteiger partial charge < -0.3 is 15.2 Å². The van der Waals surface area contributed by atoms with Crippen LogP contribution >= 0.6 is 7.60 Å². The van der Waals surface area contributed by atoms with Gasteiger partial charge in [-0.3, -0.25) is 19.1 Å². The van der Waals surface area contributed by atoms with E-state index in [2.05, 4.69) is 4.52 Å². The average Bonchev–Trinajstić information content (AvgIpc) is 2.46. The number of carbonyl (C=O) groups excluding carboxylic acids is 2. The van der Waals surface area contributed by atoms with Crippen LogP contribution < -0.4 is 5.73 Å². The first-order valence-corrected chi connectivity index (χ1v) is 5.92. The molecule has 0 aromatic rings. The molecule has 1 heterocycles. The van der Waals surface area contributed by atoms with Crippen LogP contribution in [-0.4, -0.2) is 41.0 Å². The van der Waals surface area contributed by atoms with Crippen LogP contribution in [0.15, 0.2) is 12.2 Å². The maximum atomic E-state index is 11.3. The largest absolute Gasteiger partial charge is 0.347 e. The maximum absolute atomic E-state index is 11.3. The summed E-state index contributed by atoms with van der Waals surface area (Å²) in [7, 11) is -3.97. The highest BCUT2D eigenvalue weighted by atomic mass is 31.2. The molecule has 0 bridgehead atoms. The summed E-state index contributed by atoms with van der Waals surface area (Å²) in [5.74, 6) is -1.24. The molecule has 1 aliphatic rings. The molecule has 0 saturated carbocycles. The van der Waals surface area contributed by atoms with E-state index in [1.807, 2.05) is 0 Å². The molecule has 0 radical (unpaired) electrons. The molecule has 2 amide bonds. The Kier molecular flexibility index (Phi) is 3.76. The number of nitrogens with zero attached hydrogens (tertiary/aromatic N) is 1. The molecule has 0 aromatic carbocycles. The second-order valence-corrected chi connectivity index (χ2v) is 4.65. The van der Waals surface area contributed by atoms with E-state index in [4.69, 9.17) is 5.73 Å². The van der Waals surface area contributed by atoms with Gasteiger partial charge >= 0.3 is 7.60 Å². The summed E-state index contributed by atoms with van der Waals surface area (Å²) >= 11 is 0. The van der Waals surface area contributed by atoms with Crippen molar-refractivity contribution >= 4 is 19.4 Å². The first-order valence-electron chi connectivity index (χ1n) is 4.16. The van der Waals surface area contributed by atoms with Gasteiger partial charge in [-0.25, -0.2) is 0 Å². The molecule has 7 nitrogen and oxygen atoms in total. The highest BCUT2D eigenvalue weighted by molar-refractivity contribution is 7.52. The lowest BCUT2D eigenvalue weighted by Crippen LogP contribution is -2.31. The van der Waals surface area contributed by atoms with Crippen molar-refractivity contribution < 1.29 is 23.6 Å². The molecule has 0 fully saturated rings. The minimum atomic E-state index is -3.97. The van der Waals surface area contributed by atoms with Crippen LogP contribution in [0.25, 0.3) is 0 Å². The van der Waals surface area contributed by atoms with E-state index in [0.29, 0.717) is 4.90 Å². The molecule has 0 aliphatic carbocycles. The molecular weight excluding hydrogens is 223 g/mol. The summed E-state index contributed by atoms with van der Waals surface area (Å²) in [5, 5.41) is 0. The van der Waals surface area contributed by atoms with Crippen molar-refractivity contribution in [3.8, 4) is 0 Å². The van der Waals surface area contributed by atoms with Crippen molar-refractivity contribution in [1.29, 1.82) is 0 Å². The van der Waals surface area contributed by atoms with E-state index in [9.17, 15) is 19.0 Å². The summed E-state index contributed by atoms with van der Waals surface area (Å²) in [6, 6.07) is 0. The fraction of sp³-hybridized carbons (Fsp3) is 0.429. The zero-order chi connectivity index (χ0) is 11.5. The fourth-order valence-electron chi connectivity index (χ4n) is 0.985. The van der Waals surface area contributed by atoms with E-state index in [-0.39, 0.29) is 13.2 Å². The number of hydrogen-bond acceptors (Lipinski definition) is 5. The molecule has 84 valence electrons. The first kappa shape index (κ1) is 12.1. The summed E-state index contributed by atoms with van der Waals surface area (Å²) in [5.41, 5.74) is 5.08. The summed E-state index contributed by atoms with van der Waals surface area (Å²) in [4.78, 5) is 32.0. The number of nitrogens with two attached hydrogens (primary N) is 1. The minimum Gasteiger partial charge on any atom is -0.328 e. The highest BCUT2D eigenvalue weighted by Crippen LogP contribution is 2.42. The van der Waals surface area contributed by atoms with Crippen molar-refractivity contribution in [1.82, 2.24) is 4.90 Å². The Morgan fingerprint density at radius 3 is 2.40 bits per heavy atom. The summed E-state index contributed by atoms with van der Waals surface area (Å²) in [6.45, 7) is -0.0118. The highest BCUT2D eigenvalue weighted by Gasteiger charge is 2.32. The van der Waals surface area contributed by atoms with Crippen LogP contribution in [0.1, 0.15) is 0 Å². The Labute approximate surface area is 86.0 Å². The van der Waals surface area contributed by atoms with Gasteiger partial charge in [0.2, 0.25) is 0 Å². The van der Waals surface area contributed by atoms with Gasteiger partial charge in [-0.05, 0) is 0 Å². The second kappa shape index (κ2) is 4.67. The molecule has 1 aliphatic heterocycles. The zero-order valence-electron chi connectivity index (χ0n) is 7.83. The number of carbonyl (C=O) groups is 2. The maximum Gasteiger partial charge on any atom is 0.347 e. The van der Waals surface area contributed by atoms with Crippen molar-refractivity contribution in [2.45, 2.75) is 0 Å². The Bertz CT molecular complexity index is 335. The summed E-state index contributed by atoms with van der Waals surface area (Å²) in [6.07, 6.45) is 1.42. The lowest BCUT2D eigenvalue weighted by atomic mass is 10.6. The third-order valence-corrected chi connectivity index (χ3v) is 2.86. The van der Waals surface area contributed by atoms with Gasteiger partial charge in [-0.15, -0.1) is 0 Å². The molecule has 1 rings (SSSR count). The van der Waals surface area contributed by atoms with E-state index in [0.717, 1.165) is 12.2 Å². The van der Waals surface area contributed by atoms with Gasteiger partial charge in [0, 0.05) is 18.7 Å². The average molecular weight is 234 g/mol. The van der Waals surface area contributed by atoms with Crippen LogP contribution in [0.2, 0.25) is 0 Å². The summed E-state index contributed by atoms with van der Waals surface area (Å²) < 4.78 is 15.9. The number of amides is 2. The van der Waals surface area contributed by atoms with Crippen LogP contribution in [0, 0.1) is 0 Å². The van der Waals surface area contributed by atoms with Gasteiger partial charge in [0.15, 0.2) is 0 Å². The Balaban J connectivity index is 2.57. The zero-order valence-corrected chi connectivity index (χ0v) is 8.72. The van der Waals surface area contributed by atoms with Crippen molar-refractivity contribution in [3.05, 3.63) is 12.2 Å². The van der Waals surface area contributed by atoms with E-state index >= 15 is 0 Å². The predicted octanol–water partition coefficient (Wildman–Crippen LogP) is -0.970. The molecule has 0 saturated heterocycles. The molecular formula is C7H11N2O5P. The van der Waals surface area contributed by atoms with Crippen molar-refractivity contribution in [2.24, 2.45) is 5.73 Å². The lowest BCUT2D eigenvalue weighted by molar-refractivity contribution is -0.136. The van der Waals surface area contributed by atoms with Gasteiger partial charge in [0.25, 0.3) is 11.8 Å². The normalized spacial score (nSPS) is 19.7. The second-order valence-electron chi connectivity index (χ2n) is 2.84. The van der Waals surface area contributed by atoms with Gasteiger partial charge in [-0.2, -0.15) is 0 Å². The third kappa shape index (κ3) is 3.24. The van der Waals surface area contributed by atoms with E-state index in [1.54, 1.807) is 0 Å². The molecule has 1 atom stereocenters. The van der Waals surface area contributed by atoms with Crippen LogP contribution in [0.5, 0.6) is 0 Å². The van der Waals surface area contributed by atoms with Crippen LogP contribution in [0.4, 0.5) is 0 Å². The lowest BCUT2D eigenvalue weighted by Gasteiger charge is -2.17. The number of hydrogen-bond donors (Lipinski definition) is 2. The minimum absolute atomic E-state index is 0.0880. The van der Waals surface area contributed by atoms with Crippen LogP contribution in [-0.2, 0) is 18.7 Å². The topological polar surface area (TPSA) is 110 Å². The fourth-order valence-corrected chi connectivity index (χ4v) is 2.09. The standard InChI is InChI=1S/C7H11N2O5P/c8-3-4-14-15(12,13)5-9-6(10)1-2-7(9)11/h1-2H,3-5,8H2,(H,12,13). The SMILES string of the molecule is NCCOP(=O)(O)CN1C(=O)C=CC1=O. The molecule has 15 heavy (non-hydrogen) atoms. The Morgan fingerprint density at radius 1 is 1.40 bits per heavy atom. The monoisotopic (exact) mass is 234 g/mol. The quantitative estimate of drug-likeness (QED) is 0.467. The smallest absolute Gasteiger partial charge is 0.328 e. The number of imide groups is 1. The Morgan fingerprint density at radius 2 is 1.93 bits per heavy atom. The molecule has 1 unspecified atom stereocenters. The number of rotatable bonds is 5. The molecule has 8 heteroatoms. The first-order chi connectivity index (χ1) is 6.96. The molecule has 0 spiro atoms. The third-order valence-electron chi connectivity index (χ3n) is 1.63. The van der Waals surface area contributed by atoms with Gasteiger partial charge in [0.1, 0.15) is 6.29 Å². The predicted molar refractivity (Wildman–Crippen MR) is 50.7 cm³/mol. The Hall–Kier alpha value is -1.01. The van der Waals surface area contributed by atoms with E-state index in [1.165, 1.54) is 0 Å². The molecule has 0 aromatic heterocycles. The van der Waals surface area contributed by atoms with Gasteiger partial charge in [-0.1, -0.05) is 0 Å². The molecule has 3 N–H and O–H groups in total. The van der Waals surface area contributed by atoms with Crippen LogP contribution in [0.3, 0.4) is 0 Å². The van der Waals surface area contributed by atoms with Crippen molar-refractivity contribution in [2.75, 3.05) is 19.4 Å². The van der Waals surface area contributed by atoms with E-state index < -0.39 is 25.7 Å². The van der Waals surface area contributed by atoms with Crippen molar-refractivity contribution in [3.63, 3.8) is 0 Å². The van der Waals surface area contributed by atoms with Gasteiger partial charge in [0.05, 0.1) is 6.61 Å².